The first-order valence-corrected chi connectivity index (χ1v) is 6.46. The predicted octanol–water partition coefficient (Wildman–Crippen LogP) is 3.30. The number of ether oxygens (including phenoxy) is 1. The minimum absolute atomic E-state index is 0.133. The van der Waals surface area contributed by atoms with Crippen molar-refractivity contribution in [1.82, 2.24) is 9.78 Å². The normalized spacial score (nSPS) is 20.9. The highest BCUT2D eigenvalue weighted by Gasteiger charge is 2.18. The average molecular weight is 230 g/mol. The summed E-state index contributed by atoms with van der Waals surface area (Å²) in [5.74, 6) is 0. The fourth-order valence-corrected chi connectivity index (χ4v) is 2.47. The molecule has 1 atom stereocenters. The van der Waals surface area contributed by atoms with E-state index >= 15 is 0 Å². The largest absolute Gasteiger partial charge is 0.356 e. The van der Waals surface area contributed by atoms with Crippen LogP contribution in [0, 0.1) is 0 Å². The molecule has 1 unspecified atom stereocenters. The molecule has 1 aromatic heterocycles. The third-order valence-electron chi connectivity index (χ3n) is 3.50. The van der Waals surface area contributed by atoms with Gasteiger partial charge in [-0.3, -0.25) is 0 Å². The third kappa shape index (κ3) is 1.95. The van der Waals surface area contributed by atoms with Gasteiger partial charge in [-0.05, 0) is 43.4 Å². The van der Waals surface area contributed by atoms with Gasteiger partial charge in [0.1, 0.15) is 0 Å². The van der Waals surface area contributed by atoms with E-state index in [1.165, 1.54) is 29.3 Å². The zero-order chi connectivity index (χ0) is 11.7. The van der Waals surface area contributed by atoms with Crippen LogP contribution in [0.5, 0.6) is 0 Å². The number of rotatable bonds is 2. The maximum absolute atomic E-state index is 5.79. The molecule has 0 aliphatic carbocycles. The molecule has 17 heavy (non-hydrogen) atoms. The molecule has 0 amide bonds. The van der Waals surface area contributed by atoms with Crippen molar-refractivity contribution >= 4 is 10.9 Å². The summed E-state index contributed by atoms with van der Waals surface area (Å²) in [5.41, 5.74) is 2.55. The Balaban J connectivity index is 1.99. The fraction of sp³-hybridized carbons (Fsp3) is 0.500. The Morgan fingerprint density at radius 1 is 1.41 bits per heavy atom. The second-order valence-electron chi connectivity index (χ2n) is 4.66. The molecule has 3 nitrogen and oxygen atoms in total. The Morgan fingerprint density at radius 2 is 2.35 bits per heavy atom. The second kappa shape index (κ2) is 4.49. The summed E-state index contributed by atoms with van der Waals surface area (Å²) in [6.45, 7) is 3.04. The summed E-state index contributed by atoms with van der Waals surface area (Å²) in [6, 6.07) is 6.57. The van der Waals surface area contributed by atoms with E-state index in [1.54, 1.807) is 0 Å². The first-order chi connectivity index (χ1) is 8.38. The van der Waals surface area contributed by atoms with Crippen molar-refractivity contribution in [2.24, 2.45) is 0 Å². The maximum Gasteiger partial charge on any atom is 0.150 e. The molecule has 0 bridgehead atoms. The third-order valence-corrected chi connectivity index (χ3v) is 3.50. The lowest BCUT2D eigenvalue weighted by Gasteiger charge is -2.23. The number of aromatic nitrogens is 2. The Kier molecular flexibility index (Phi) is 2.85. The van der Waals surface area contributed by atoms with Crippen LogP contribution in [0.4, 0.5) is 0 Å². The molecule has 3 rings (SSSR count). The molecular formula is C14H18N2O. The van der Waals surface area contributed by atoms with Gasteiger partial charge in [0.25, 0.3) is 0 Å². The van der Waals surface area contributed by atoms with E-state index in [9.17, 15) is 0 Å². The fourth-order valence-electron chi connectivity index (χ4n) is 2.47. The minimum atomic E-state index is 0.133. The summed E-state index contributed by atoms with van der Waals surface area (Å²) in [7, 11) is 0. The molecule has 0 radical (unpaired) electrons. The summed E-state index contributed by atoms with van der Waals surface area (Å²) in [4.78, 5) is 0. The van der Waals surface area contributed by atoms with Gasteiger partial charge in [-0.15, -0.1) is 0 Å². The zero-order valence-electron chi connectivity index (χ0n) is 10.2. The molecule has 0 saturated carbocycles. The molecule has 3 heteroatoms. The van der Waals surface area contributed by atoms with E-state index in [0.717, 1.165) is 19.4 Å². The summed E-state index contributed by atoms with van der Waals surface area (Å²) < 4.78 is 7.82. The van der Waals surface area contributed by atoms with Gasteiger partial charge in [-0.2, -0.15) is 5.10 Å². The standard InChI is InChI=1S/C14H18N2O/c1-2-11-6-7-13-12(9-11)10-15-16(13)14-5-3-4-8-17-14/h6-7,9-10,14H,2-5,8H2,1H3. The maximum atomic E-state index is 5.79. The SMILES string of the molecule is CCc1ccc2c(cnn2C2CCCCO2)c1. The highest BCUT2D eigenvalue weighted by atomic mass is 16.5. The van der Waals surface area contributed by atoms with Crippen molar-refractivity contribution in [3.8, 4) is 0 Å². The van der Waals surface area contributed by atoms with Crippen LogP contribution in [0.2, 0.25) is 0 Å². The Labute approximate surface area is 101 Å². The Bertz CT molecular complexity index is 512. The van der Waals surface area contributed by atoms with Gasteiger partial charge in [0.05, 0.1) is 11.7 Å². The van der Waals surface area contributed by atoms with Crippen molar-refractivity contribution in [2.75, 3.05) is 6.61 Å². The van der Waals surface area contributed by atoms with Gasteiger partial charge in [-0.1, -0.05) is 13.0 Å². The second-order valence-corrected chi connectivity index (χ2v) is 4.66. The predicted molar refractivity (Wildman–Crippen MR) is 68.0 cm³/mol. The highest BCUT2D eigenvalue weighted by molar-refractivity contribution is 5.79. The van der Waals surface area contributed by atoms with Gasteiger partial charge in [0, 0.05) is 12.0 Å². The molecular weight excluding hydrogens is 212 g/mol. The molecule has 2 heterocycles. The first kappa shape index (κ1) is 10.8. The highest BCUT2D eigenvalue weighted by Crippen LogP contribution is 2.26. The van der Waals surface area contributed by atoms with Crippen molar-refractivity contribution < 1.29 is 4.74 Å². The van der Waals surface area contributed by atoms with E-state index in [0.29, 0.717) is 0 Å². The van der Waals surface area contributed by atoms with Crippen LogP contribution in [0.3, 0.4) is 0 Å². The van der Waals surface area contributed by atoms with Gasteiger partial charge in [0.15, 0.2) is 6.23 Å². The van der Waals surface area contributed by atoms with Gasteiger partial charge in [-0.25, -0.2) is 4.68 Å². The van der Waals surface area contributed by atoms with Crippen LogP contribution in [-0.2, 0) is 11.2 Å². The van der Waals surface area contributed by atoms with Crippen molar-refractivity contribution in [3.05, 3.63) is 30.0 Å². The van der Waals surface area contributed by atoms with E-state index < -0.39 is 0 Å². The van der Waals surface area contributed by atoms with Crippen molar-refractivity contribution in [1.29, 1.82) is 0 Å². The lowest BCUT2D eigenvalue weighted by molar-refractivity contribution is -0.0366. The Morgan fingerprint density at radius 3 is 3.12 bits per heavy atom. The van der Waals surface area contributed by atoms with Gasteiger partial charge in [0.2, 0.25) is 0 Å². The molecule has 1 aromatic carbocycles. The average Bonchev–Trinajstić information content (AvgIpc) is 2.82. The molecule has 1 aliphatic heterocycles. The van der Waals surface area contributed by atoms with E-state index in [4.69, 9.17) is 4.74 Å². The number of aryl methyl sites for hydroxylation is 1. The first-order valence-electron chi connectivity index (χ1n) is 6.46. The van der Waals surface area contributed by atoms with Crippen LogP contribution in [0.1, 0.15) is 38.0 Å². The van der Waals surface area contributed by atoms with E-state index in [1.807, 2.05) is 10.9 Å². The summed E-state index contributed by atoms with van der Waals surface area (Å²) >= 11 is 0. The molecule has 1 aliphatic rings. The topological polar surface area (TPSA) is 27.1 Å². The lowest BCUT2D eigenvalue weighted by Crippen LogP contribution is -2.18. The van der Waals surface area contributed by atoms with Crippen molar-refractivity contribution in [3.63, 3.8) is 0 Å². The van der Waals surface area contributed by atoms with Gasteiger partial charge < -0.3 is 4.74 Å². The van der Waals surface area contributed by atoms with Crippen LogP contribution in [0.15, 0.2) is 24.4 Å². The molecule has 90 valence electrons. The van der Waals surface area contributed by atoms with E-state index in [-0.39, 0.29) is 6.23 Å². The molecule has 0 spiro atoms. The number of benzene rings is 1. The zero-order valence-corrected chi connectivity index (χ0v) is 10.2. The van der Waals surface area contributed by atoms with Crippen LogP contribution >= 0.6 is 0 Å². The monoisotopic (exact) mass is 230 g/mol. The smallest absolute Gasteiger partial charge is 0.150 e. The molecule has 1 saturated heterocycles. The van der Waals surface area contributed by atoms with E-state index in [2.05, 4.69) is 30.2 Å². The van der Waals surface area contributed by atoms with Crippen molar-refractivity contribution in [2.45, 2.75) is 38.8 Å². The van der Waals surface area contributed by atoms with Crippen LogP contribution < -0.4 is 0 Å². The molecule has 2 aromatic rings. The lowest BCUT2D eigenvalue weighted by atomic mass is 10.1. The summed E-state index contributed by atoms with van der Waals surface area (Å²) in [6.07, 6.45) is 6.64. The van der Waals surface area contributed by atoms with Gasteiger partial charge >= 0.3 is 0 Å². The summed E-state index contributed by atoms with van der Waals surface area (Å²) in [5, 5.41) is 5.71. The number of hydrogen-bond acceptors (Lipinski definition) is 2. The molecule has 0 N–H and O–H groups in total. The molecule has 1 fully saturated rings. The minimum Gasteiger partial charge on any atom is -0.356 e. The Hall–Kier alpha value is -1.35. The van der Waals surface area contributed by atoms with Crippen LogP contribution in [-0.4, -0.2) is 16.4 Å². The quantitative estimate of drug-likeness (QED) is 0.791. The number of hydrogen-bond donors (Lipinski definition) is 0. The number of fused-ring (bicyclic) bond motifs is 1. The van der Waals surface area contributed by atoms with Crippen LogP contribution in [0.25, 0.3) is 10.9 Å². The number of nitrogens with zero attached hydrogens (tertiary/aromatic N) is 2.